The normalized spacial score (nSPS) is 13.5. The standard InChI is InChI=1S/C18H19NO3/c1-13-4-3-5-15(10-13)21-9-8-19-16-11-14(2)6-7-17(16)22-12-18(19)20/h3-7,10-11H,8-9,12H2,1-2H3. The fraction of sp³-hybridized carbons (Fsp3) is 0.278. The van der Waals surface area contributed by atoms with Crippen LogP contribution in [0.2, 0.25) is 0 Å². The van der Waals surface area contributed by atoms with Crippen LogP contribution in [-0.2, 0) is 4.79 Å². The first-order valence-electron chi connectivity index (χ1n) is 7.37. The number of benzene rings is 2. The molecule has 0 aliphatic carbocycles. The fourth-order valence-electron chi connectivity index (χ4n) is 2.52. The van der Waals surface area contributed by atoms with Gasteiger partial charge in [0.2, 0.25) is 0 Å². The molecule has 0 saturated heterocycles. The number of anilines is 1. The van der Waals surface area contributed by atoms with E-state index in [1.54, 1.807) is 4.90 Å². The summed E-state index contributed by atoms with van der Waals surface area (Å²) in [5.74, 6) is 1.54. The Balaban J connectivity index is 1.70. The predicted octanol–water partition coefficient (Wildman–Crippen LogP) is 3.11. The van der Waals surface area contributed by atoms with Crippen LogP contribution in [0.5, 0.6) is 11.5 Å². The van der Waals surface area contributed by atoms with Crippen molar-refractivity contribution in [1.82, 2.24) is 0 Å². The molecule has 1 aliphatic rings. The van der Waals surface area contributed by atoms with Gasteiger partial charge in [0, 0.05) is 0 Å². The summed E-state index contributed by atoms with van der Waals surface area (Å²) in [7, 11) is 0. The number of aryl methyl sites for hydroxylation is 2. The van der Waals surface area contributed by atoms with Gasteiger partial charge in [0.1, 0.15) is 18.1 Å². The van der Waals surface area contributed by atoms with E-state index < -0.39 is 0 Å². The first-order valence-corrected chi connectivity index (χ1v) is 7.37. The highest BCUT2D eigenvalue weighted by molar-refractivity contribution is 5.97. The van der Waals surface area contributed by atoms with E-state index in [9.17, 15) is 4.79 Å². The summed E-state index contributed by atoms with van der Waals surface area (Å²) in [5, 5.41) is 0. The predicted molar refractivity (Wildman–Crippen MR) is 85.7 cm³/mol. The second-order valence-electron chi connectivity index (χ2n) is 5.47. The minimum absolute atomic E-state index is 0.0362. The summed E-state index contributed by atoms with van der Waals surface area (Å²) in [4.78, 5) is 13.8. The highest BCUT2D eigenvalue weighted by atomic mass is 16.5. The number of hydrogen-bond donors (Lipinski definition) is 0. The van der Waals surface area contributed by atoms with Gasteiger partial charge in [-0.25, -0.2) is 0 Å². The third-order valence-electron chi connectivity index (χ3n) is 3.63. The number of carbonyl (C=O) groups is 1. The minimum atomic E-state index is -0.0362. The molecule has 0 bridgehead atoms. The van der Waals surface area contributed by atoms with Gasteiger partial charge in [-0.2, -0.15) is 0 Å². The summed E-state index contributed by atoms with van der Waals surface area (Å²) >= 11 is 0. The van der Waals surface area contributed by atoms with E-state index >= 15 is 0 Å². The quantitative estimate of drug-likeness (QED) is 0.870. The van der Waals surface area contributed by atoms with Gasteiger partial charge in [-0.15, -0.1) is 0 Å². The molecule has 1 aliphatic heterocycles. The van der Waals surface area contributed by atoms with Crippen LogP contribution in [0.4, 0.5) is 5.69 Å². The SMILES string of the molecule is Cc1cccc(OCCN2C(=O)COc3ccc(C)cc32)c1. The average molecular weight is 297 g/mol. The van der Waals surface area contributed by atoms with Crippen molar-refractivity contribution in [3.05, 3.63) is 53.6 Å². The third-order valence-corrected chi connectivity index (χ3v) is 3.63. The lowest BCUT2D eigenvalue weighted by Gasteiger charge is -2.29. The van der Waals surface area contributed by atoms with Gasteiger partial charge >= 0.3 is 0 Å². The smallest absolute Gasteiger partial charge is 0.265 e. The zero-order valence-electron chi connectivity index (χ0n) is 12.8. The number of carbonyl (C=O) groups excluding carboxylic acids is 1. The molecule has 22 heavy (non-hydrogen) atoms. The van der Waals surface area contributed by atoms with Crippen molar-refractivity contribution in [3.63, 3.8) is 0 Å². The lowest BCUT2D eigenvalue weighted by molar-refractivity contribution is -0.121. The topological polar surface area (TPSA) is 38.8 Å². The van der Waals surface area contributed by atoms with Gasteiger partial charge in [-0.3, -0.25) is 4.79 Å². The Kier molecular flexibility index (Phi) is 4.00. The molecule has 2 aromatic rings. The molecule has 4 heteroatoms. The zero-order chi connectivity index (χ0) is 15.5. The Morgan fingerprint density at radius 2 is 1.95 bits per heavy atom. The Morgan fingerprint density at radius 3 is 2.77 bits per heavy atom. The second-order valence-corrected chi connectivity index (χ2v) is 5.47. The molecule has 114 valence electrons. The average Bonchev–Trinajstić information content (AvgIpc) is 2.50. The van der Waals surface area contributed by atoms with Crippen LogP contribution in [0.25, 0.3) is 0 Å². The van der Waals surface area contributed by atoms with Gasteiger partial charge in [0.25, 0.3) is 5.91 Å². The maximum absolute atomic E-state index is 12.1. The summed E-state index contributed by atoms with van der Waals surface area (Å²) in [6.45, 7) is 5.06. The van der Waals surface area contributed by atoms with E-state index in [1.165, 1.54) is 0 Å². The highest BCUT2D eigenvalue weighted by Crippen LogP contribution is 2.32. The molecule has 3 rings (SSSR count). The molecule has 0 fully saturated rings. The van der Waals surface area contributed by atoms with E-state index in [0.717, 1.165) is 28.3 Å². The monoisotopic (exact) mass is 297 g/mol. The van der Waals surface area contributed by atoms with Crippen molar-refractivity contribution < 1.29 is 14.3 Å². The van der Waals surface area contributed by atoms with Crippen LogP contribution in [0, 0.1) is 13.8 Å². The van der Waals surface area contributed by atoms with E-state index in [4.69, 9.17) is 9.47 Å². The number of fused-ring (bicyclic) bond motifs is 1. The highest BCUT2D eigenvalue weighted by Gasteiger charge is 2.25. The van der Waals surface area contributed by atoms with Gasteiger partial charge in [-0.05, 0) is 49.2 Å². The zero-order valence-corrected chi connectivity index (χ0v) is 12.8. The fourth-order valence-corrected chi connectivity index (χ4v) is 2.52. The number of rotatable bonds is 4. The van der Waals surface area contributed by atoms with Crippen LogP contribution in [0.15, 0.2) is 42.5 Å². The summed E-state index contributed by atoms with van der Waals surface area (Å²) in [6, 6.07) is 13.8. The van der Waals surface area contributed by atoms with Crippen molar-refractivity contribution in [2.45, 2.75) is 13.8 Å². The lowest BCUT2D eigenvalue weighted by atomic mass is 10.1. The molecular formula is C18H19NO3. The van der Waals surface area contributed by atoms with Gasteiger partial charge in [0.05, 0.1) is 12.2 Å². The van der Waals surface area contributed by atoms with E-state index in [2.05, 4.69) is 0 Å². The first kappa shape index (κ1) is 14.4. The third kappa shape index (κ3) is 3.06. The second kappa shape index (κ2) is 6.10. The molecule has 0 N–H and O–H groups in total. The van der Waals surface area contributed by atoms with E-state index in [0.29, 0.717) is 13.2 Å². The Hall–Kier alpha value is -2.49. The molecule has 1 heterocycles. The largest absolute Gasteiger partial charge is 0.492 e. The van der Waals surface area contributed by atoms with Crippen molar-refractivity contribution in [2.24, 2.45) is 0 Å². The molecule has 0 spiro atoms. The number of ether oxygens (including phenoxy) is 2. The molecule has 0 aromatic heterocycles. The van der Waals surface area contributed by atoms with Crippen molar-refractivity contribution in [1.29, 1.82) is 0 Å². The van der Waals surface area contributed by atoms with Crippen LogP contribution in [0.1, 0.15) is 11.1 Å². The van der Waals surface area contributed by atoms with E-state index in [1.807, 2.05) is 56.3 Å². The Labute approximate surface area is 130 Å². The minimum Gasteiger partial charge on any atom is -0.492 e. The van der Waals surface area contributed by atoms with Crippen molar-refractivity contribution in [2.75, 3.05) is 24.7 Å². The maximum atomic E-state index is 12.1. The van der Waals surface area contributed by atoms with Crippen molar-refractivity contribution >= 4 is 11.6 Å². The number of amides is 1. The van der Waals surface area contributed by atoms with Crippen LogP contribution < -0.4 is 14.4 Å². The Morgan fingerprint density at radius 1 is 1.14 bits per heavy atom. The van der Waals surface area contributed by atoms with Crippen molar-refractivity contribution in [3.8, 4) is 11.5 Å². The van der Waals surface area contributed by atoms with Crippen LogP contribution in [0.3, 0.4) is 0 Å². The summed E-state index contributed by atoms with van der Waals surface area (Å²) in [5.41, 5.74) is 3.08. The molecule has 0 unspecified atom stereocenters. The van der Waals surface area contributed by atoms with Gasteiger partial charge in [0.15, 0.2) is 6.61 Å². The van der Waals surface area contributed by atoms with E-state index in [-0.39, 0.29) is 12.5 Å². The molecule has 4 nitrogen and oxygen atoms in total. The number of nitrogens with zero attached hydrogens (tertiary/aromatic N) is 1. The first-order chi connectivity index (χ1) is 10.6. The Bertz CT molecular complexity index is 696. The molecular weight excluding hydrogens is 278 g/mol. The molecule has 0 radical (unpaired) electrons. The molecule has 2 aromatic carbocycles. The molecule has 1 amide bonds. The van der Waals surface area contributed by atoms with Gasteiger partial charge < -0.3 is 14.4 Å². The maximum Gasteiger partial charge on any atom is 0.265 e. The van der Waals surface area contributed by atoms with Crippen LogP contribution in [-0.4, -0.2) is 25.7 Å². The lowest BCUT2D eigenvalue weighted by Crippen LogP contribution is -2.41. The van der Waals surface area contributed by atoms with Crippen LogP contribution >= 0.6 is 0 Å². The van der Waals surface area contributed by atoms with Gasteiger partial charge in [-0.1, -0.05) is 18.2 Å². The summed E-state index contributed by atoms with van der Waals surface area (Å²) in [6.07, 6.45) is 0. The molecule has 0 atom stereocenters. The summed E-state index contributed by atoms with van der Waals surface area (Å²) < 4.78 is 11.2. The molecule has 0 saturated carbocycles. The number of hydrogen-bond acceptors (Lipinski definition) is 3.